The van der Waals surface area contributed by atoms with E-state index in [0.29, 0.717) is 25.7 Å². The Morgan fingerprint density at radius 1 is 0.276 bits per heavy atom. The summed E-state index contributed by atoms with van der Waals surface area (Å²) in [5.74, 6) is -2.13. The first-order chi connectivity index (χ1) is 42.2. The largest absolute Gasteiger partial charge is 0.472 e. The highest BCUT2D eigenvalue weighted by Gasteiger charge is 2.30. The van der Waals surface area contributed by atoms with Crippen molar-refractivity contribution in [2.75, 3.05) is 39.6 Å². The number of hydrogen-bond donors (Lipinski definition) is 3. The number of carbonyl (C=O) groups excluding carboxylic acids is 4. The van der Waals surface area contributed by atoms with Crippen LogP contribution in [-0.4, -0.2) is 96.7 Å². The fourth-order valence-corrected chi connectivity index (χ4v) is 11.9. The number of carbonyl (C=O) groups is 4. The molecule has 2 unspecified atom stereocenters. The predicted octanol–water partition coefficient (Wildman–Crippen LogP) is 19.5. The molecule has 0 saturated heterocycles. The summed E-state index contributed by atoms with van der Waals surface area (Å²) < 4.78 is 68.1. The second kappa shape index (κ2) is 62.8. The first-order valence-corrected chi connectivity index (χ1v) is 38.8. The molecule has 0 heterocycles. The zero-order valence-electron chi connectivity index (χ0n) is 56.0. The average Bonchev–Trinajstić information content (AvgIpc) is 3.68. The Morgan fingerprint density at radius 2 is 0.460 bits per heavy atom. The van der Waals surface area contributed by atoms with Crippen LogP contribution in [0.5, 0.6) is 0 Å². The van der Waals surface area contributed by atoms with E-state index in [2.05, 4.69) is 27.7 Å². The minimum absolute atomic E-state index is 0.108. The lowest BCUT2D eigenvalue weighted by molar-refractivity contribution is -0.161. The summed E-state index contributed by atoms with van der Waals surface area (Å²) in [6.45, 7) is 4.90. The number of ether oxygens (including phenoxy) is 4. The van der Waals surface area contributed by atoms with Crippen molar-refractivity contribution in [3.8, 4) is 0 Å². The number of esters is 4. The molecule has 19 heteroatoms. The molecule has 0 aromatic carbocycles. The minimum Gasteiger partial charge on any atom is -0.462 e. The Bertz CT molecular complexity index is 1670. The standard InChI is InChI=1S/C68H132O17P2/c1-5-9-13-17-21-24-27-30-33-36-39-43-47-51-55-68(73)85-64(59-79-66(71)53-49-45-41-37-34-31-28-25-22-18-14-10-6-2)61-83-87(76,77)81-57-62(69)56-80-86(74,75)82-60-63(58-78-65(70)52-48-44-40-20-16-12-8-4)84-67(72)54-50-46-42-38-35-32-29-26-23-19-15-11-7-3/h62-64,69H,5-61H2,1-4H3,(H,74,75)(H,76,77)/t62-,63+,64+/m0/s1. The Morgan fingerprint density at radius 3 is 0.678 bits per heavy atom. The van der Waals surface area contributed by atoms with E-state index in [4.69, 9.17) is 37.0 Å². The molecule has 0 amide bonds. The number of aliphatic hydroxyl groups excluding tert-OH is 1. The first-order valence-electron chi connectivity index (χ1n) is 35.8. The molecule has 0 rings (SSSR count). The third-order valence-electron chi connectivity index (χ3n) is 15.9. The molecular weight excluding hydrogens is 1150 g/mol. The van der Waals surface area contributed by atoms with Crippen LogP contribution in [0, 0.1) is 0 Å². The molecular formula is C68H132O17P2. The smallest absolute Gasteiger partial charge is 0.462 e. The normalized spacial score (nSPS) is 14.1. The van der Waals surface area contributed by atoms with Gasteiger partial charge < -0.3 is 33.8 Å². The van der Waals surface area contributed by atoms with Gasteiger partial charge in [0.15, 0.2) is 12.2 Å². The van der Waals surface area contributed by atoms with Crippen LogP contribution in [0.25, 0.3) is 0 Å². The molecule has 0 fully saturated rings. The van der Waals surface area contributed by atoms with Crippen molar-refractivity contribution in [3.63, 3.8) is 0 Å². The summed E-state index contributed by atoms with van der Waals surface area (Å²) in [5.41, 5.74) is 0. The average molecular weight is 1280 g/mol. The summed E-state index contributed by atoms with van der Waals surface area (Å²) in [6.07, 6.45) is 49.9. The Balaban J connectivity index is 5.21. The van der Waals surface area contributed by atoms with Gasteiger partial charge in [-0.15, -0.1) is 0 Å². The molecule has 516 valence electrons. The summed E-state index contributed by atoms with van der Waals surface area (Å²) in [4.78, 5) is 72.3. The van der Waals surface area contributed by atoms with E-state index >= 15 is 0 Å². The van der Waals surface area contributed by atoms with Crippen molar-refractivity contribution in [2.45, 2.75) is 373 Å². The molecule has 87 heavy (non-hydrogen) atoms. The number of hydrogen-bond acceptors (Lipinski definition) is 15. The van der Waals surface area contributed by atoms with Crippen LogP contribution in [0.1, 0.15) is 355 Å². The lowest BCUT2D eigenvalue weighted by Crippen LogP contribution is -2.30. The van der Waals surface area contributed by atoms with E-state index < -0.39 is 97.5 Å². The maximum atomic E-state index is 13.0. The van der Waals surface area contributed by atoms with Crippen LogP contribution < -0.4 is 0 Å². The number of rotatable bonds is 69. The van der Waals surface area contributed by atoms with Gasteiger partial charge in [-0.25, -0.2) is 9.13 Å². The molecule has 0 aromatic heterocycles. The van der Waals surface area contributed by atoms with Crippen molar-refractivity contribution >= 4 is 39.5 Å². The Hall–Kier alpha value is -1.94. The highest BCUT2D eigenvalue weighted by molar-refractivity contribution is 7.47. The molecule has 5 atom stereocenters. The minimum atomic E-state index is -4.95. The monoisotopic (exact) mass is 1280 g/mol. The van der Waals surface area contributed by atoms with E-state index in [0.717, 1.165) is 103 Å². The summed E-state index contributed by atoms with van der Waals surface area (Å²) in [5, 5.41) is 10.6. The predicted molar refractivity (Wildman–Crippen MR) is 349 cm³/mol. The van der Waals surface area contributed by atoms with Crippen molar-refractivity contribution in [2.24, 2.45) is 0 Å². The number of phosphoric acid groups is 2. The Kier molecular flexibility index (Phi) is 61.4. The molecule has 0 aliphatic heterocycles. The van der Waals surface area contributed by atoms with Crippen LogP contribution in [0.3, 0.4) is 0 Å². The maximum absolute atomic E-state index is 13.0. The zero-order valence-corrected chi connectivity index (χ0v) is 57.8. The molecule has 0 saturated carbocycles. The van der Waals surface area contributed by atoms with Crippen LogP contribution in [0.4, 0.5) is 0 Å². The molecule has 0 aromatic rings. The molecule has 0 bridgehead atoms. The van der Waals surface area contributed by atoms with E-state index in [9.17, 15) is 43.2 Å². The topological polar surface area (TPSA) is 237 Å². The third kappa shape index (κ3) is 62.6. The second-order valence-corrected chi connectivity index (χ2v) is 27.5. The van der Waals surface area contributed by atoms with Gasteiger partial charge in [0.2, 0.25) is 0 Å². The van der Waals surface area contributed by atoms with Gasteiger partial charge in [-0.2, -0.15) is 0 Å². The summed E-state index contributed by atoms with van der Waals surface area (Å²) in [7, 11) is -9.89. The van der Waals surface area contributed by atoms with Gasteiger partial charge in [-0.3, -0.25) is 37.3 Å². The number of aliphatic hydroxyl groups is 1. The van der Waals surface area contributed by atoms with Crippen LogP contribution in [0.15, 0.2) is 0 Å². The molecule has 0 spiro atoms. The lowest BCUT2D eigenvalue weighted by Gasteiger charge is -2.21. The molecule has 17 nitrogen and oxygen atoms in total. The van der Waals surface area contributed by atoms with Gasteiger partial charge in [0.25, 0.3) is 0 Å². The number of phosphoric ester groups is 2. The number of unbranched alkanes of at least 4 members (excludes halogenated alkanes) is 43. The SMILES string of the molecule is CCCCCCCCCCCCCCCCC(=O)O[C@H](COC(=O)CCCCCCCCCCCCCCC)COP(=O)(O)OC[C@@H](O)COP(=O)(O)OC[C@@H](COC(=O)CCCCCCCCC)OC(=O)CCCCCCCCCCCCCCC. The molecule has 3 N–H and O–H groups in total. The summed E-state index contributed by atoms with van der Waals surface area (Å²) in [6, 6.07) is 0. The van der Waals surface area contributed by atoms with Crippen LogP contribution >= 0.6 is 15.6 Å². The fraction of sp³-hybridized carbons (Fsp3) is 0.941. The van der Waals surface area contributed by atoms with Crippen molar-refractivity contribution in [1.29, 1.82) is 0 Å². The van der Waals surface area contributed by atoms with E-state index in [1.807, 2.05) is 0 Å². The van der Waals surface area contributed by atoms with Crippen molar-refractivity contribution in [3.05, 3.63) is 0 Å². The van der Waals surface area contributed by atoms with Crippen molar-refractivity contribution in [1.82, 2.24) is 0 Å². The van der Waals surface area contributed by atoms with Gasteiger partial charge >= 0.3 is 39.5 Å². The van der Waals surface area contributed by atoms with Gasteiger partial charge in [-0.1, -0.05) is 304 Å². The first kappa shape index (κ1) is 85.1. The summed E-state index contributed by atoms with van der Waals surface area (Å²) >= 11 is 0. The van der Waals surface area contributed by atoms with Gasteiger partial charge in [0.05, 0.1) is 26.4 Å². The van der Waals surface area contributed by atoms with E-state index in [1.54, 1.807) is 0 Å². The van der Waals surface area contributed by atoms with Crippen molar-refractivity contribution < 1.29 is 80.2 Å². The van der Waals surface area contributed by atoms with Crippen LogP contribution in [-0.2, 0) is 65.4 Å². The fourth-order valence-electron chi connectivity index (χ4n) is 10.3. The molecule has 0 aliphatic rings. The molecule has 0 radical (unpaired) electrons. The quantitative estimate of drug-likeness (QED) is 0.0222. The van der Waals surface area contributed by atoms with E-state index in [-0.39, 0.29) is 25.7 Å². The van der Waals surface area contributed by atoms with Gasteiger partial charge in [0, 0.05) is 25.7 Å². The maximum Gasteiger partial charge on any atom is 0.472 e. The highest BCUT2D eigenvalue weighted by atomic mass is 31.2. The molecule has 0 aliphatic carbocycles. The third-order valence-corrected chi connectivity index (χ3v) is 17.8. The van der Waals surface area contributed by atoms with Gasteiger partial charge in [-0.05, 0) is 25.7 Å². The highest BCUT2D eigenvalue weighted by Crippen LogP contribution is 2.45. The van der Waals surface area contributed by atoms with Crippen LogP contribution in [0.2, 0.25) is 0 Å². The zero-order chi connectivity index (χ0) is 64.0. The van der Waals surface area contributed by atoms with E-state index in [1.165, 1.54) is 173 Å². The lowest BCUT2D eigenvalue weighted by atomic mass is 10.0. The van der Waals surface area contributed by atoms with Gasteiger partial charge in [0.1, 0.15) is 19.3 Å². The second-order valence-electron chi connectivity index (χ2n) is 24.6. The Labute approximate surface area is 530 Å².